The molecule has 5 rings (SSSR count). The zero-order chi connectivity index (χ0) is 20.7. The van der Waals surface area contributed by atoms with E-state index in [1.54, 1.807) is 0 Å². The summed E-state index contributed by atoms with van der Waals surface area (Å²) in [4.78, 5) is 19.6. The number of rotatable bonds is 4. The number of carbonyl (C=O) groups excluding carboxylic acids is 1. The van der Waals surface area contributed by atoms with Gasteiger partial charge >= 0.3 is 0 Å². The molecule has 0 aliphatic carbocycles. The third kappa shape index (κ3) is 3.53. The minimum Gasteiger partial charge on any atom is -0.323 e. The van der Waals surface area contributed by atoms with Gasteiger partial charge in [0, 0.05) is 34.1 Å². The molecule has 1 amide bonds. The molecule has 150 valence electrons. The number of aromatic nitrogens is 2. The van der Waals surface area contributed by atoms with Gasteiger partial charge < -0.3 is 9.47 Å². The molecule has 4 aromatic rings. The van der Waals surface area contributed by atoms with Gasteiger partial charge in [-0.05, 0) is 48.0 Å². The summed E-state index contributed by atoms with van der Waals surface area (Å²) in [5, 5.41) is 0.736. The molecule has 0 saturated carbocycles. The Labute approximate surface area is 188 Å². The van der Waals surface area contributed by atoms with Crippen molar-refractivity contribution in [3.63, 3.8) is 0 Å². The molecule has 6 heteroatoms. The number of carbonyl (C=O) groups is 1. The molecule has 4 nitrogen and oxygen atoms in total. The van der Waals surface area contributed by atoms with Gasteiger partial charge in [0.2, 0.25) is 5.91 Å². The van der Waals surface area contributed by atoms with Crippen molar-refractivity contribution in [2.24, 2.45) is 0 Å². The topological polar surface area (TPSA) is 38.1 Å². The summed E-state index contributed by atoms with van der Waals surface area (Å²) in [6.07, 6.45) is 0.446. The van der Waals surface area contributed by atoms with E-state index in [0.29, 0.717) is 19.5 Å². The van der Waals surface area contributed by atoms with E-state index in [9.17, 15) is 4.79 Å². The minimum absolute atomic E-state index is 0.0241. The number of anilines is 1. The van der Waals surface area contributed by atoms with E-state index in [1.165, 1.54) is 0 Å². The van der Waals surface area contributed by atoms with Crippen molar-refractivity contribution < 1.29 is 4.79 Å². The van der Waals surface area contributed by atoms with E-state index >= 15 is 0 Å². The molecule has 0 N–H and O–H groups in total. The van der Waals surface area contributed by atoms with Crippen molar-refractivity contribution in [2.75, 3.05) is 11.4 Å². The smallest absolute Gasteiger partial charge is 0.227 e. The van der Waals surface area contributed by atoms with E-state index in [0.717, 1.165) is 37.6 Å². The predicted octanol–water partition coefficient (Wildman–Crippen LogP) is 6.02. The lowest BCUT2D eigenvalue weighted by molar-refractivity contribution is -0.117. The first-order valence-corrected chi connectivity index (χ1v) is 11.0. The van der Waals surface area contributed by atoms with Gasteiger partial charge in [0.1, 0.15) is 5.82 Å². The minimum atomic E-state index is 0.0241. The molecule has 2 heterocycles. The third-order valence-electron chi connectivity index (χ3n) is 5.60. The van der Waals surface area contributed by atoms with Crippen LogP contribution in [0.3, 0.4) is 0 Å². The van der Waals surface area contributed by atoms with Gasteiger partial charge in [-0.2, -0.15) is 0 Å². The Hall–Kier alpha value is -2.63. The maximum absolute atomic E-state index is 12.8. The van der Waals surface area contributed by atoms with Crippen molar-refractivity contribution in [3.8, 4) is 0 Å². The molecule has 1 aliphatic heterocycles. The fourth-order valence-electron chi connectivity index (χ4n) is 4.12. The zero-order valence-corrected chi connectivity index (χ0v) is 18.5. The Morgan fingerprint density at radius 1 is 1.00 bits per heavy atom. The maximum Gasteiger partial charge on any atom is 0.227 e. The number of imidazole rings is 1. The Morgan fingerprint density at radius 2 is 1.73 bits per heavy atom. The van der Waals surface area contributed by atoms with E-state index in [2.05, 4.69) is 26.6 Å². The number of amides is 1. The van der Waals surface area contributed by atoms with Gasteiger partial charge in [0.05, 0.1) is 17.6 Å². The largest absolute Gasteiger partial charge is 0.323 e. The van der Waals surface area contributed by atoms with Crippen molar-refractivity contribution in [1.82, 2.24) is 9.55 Å². The molecule has 3 aromatic carbocycles. The standard InChI is InChI=1S/C24H19BrClN3O/c25-18-9-11-19(12-10-18)28-15-17(13-23(28)30)24-27-21-7-3-4-8-22(21)29(24)14-16-5-1-2-6-20(16)26/h1-12,17H,13-15H2. The van der Waals surface area contributed by atoms with Gasteiger partial charge in [-0.1, -0.05) is 57.9 Å². The maximum atomic E-state index is 12.8. The number of hydrogen-bond donors (Lipinski definition) is 0. The van der Waals surface area contributed by atoms with Crippen LogP contribution in [0.4, 0.5) is 5.69 Å². The van der Waals surface area contributed by atoms with Crippen molar-refractivity contribution in [2.45, 2.75) is 18.9 Å². The number of para-hydroxylation sites is 2. The second-order valence-corrected chi connectivity index (χ2v) is 8.84. The average Bonchev–Trinajstić information content (AvgIpc) is 3.31. The van der Waals surface area contributed by atoms with Gasteiger partial charge in [-0.25, -0.2) is 4.98 Å². The first-order chi connectivity index (χ1) is 14.6. The molecule has 1 aliphatic rings. The number of fused-ring (bicyclic) bond motifs is 1. The van der Waals surface area contributed by atoms with Crippen molar-refractivity contribution >= 4 is 50.2 Å². The molecule has 1 fully saturated rings. The molecule has 1 aromatic heterocycles. The summed E-state index contributed by atoms with van der Waals surface area (Å²) in [7, 11) is 0. The Kier molecular flexibility index (Phi) is 5.09. The molecule has 1 saturated heterocycles. The van der Waals surface area contributed by atoms with E-state index in [1.807, 2.05) is 71.6 Å². The number of nitrogens with zero attached hydrogens (tertiary/aromatic N) is 3. The second-order valence-electron chi connectivity index (χ2n) is 7.52. The van der Waals surface area contributed by atoms with Gasteiger partial charge in [0.25, 0.3) is 0 Å². The summed E-state index contributed by atoms with van der Waals surface area (Å²) in [6, 6.07) is 23.8. The van der Waals surface area contributed by atoms with Gasteiger partial charge in [-0.3, -0.25) is 4.79 Å². The SMILES string of the molecule is O=C1CC(c2nc3ccccc3n2Cc2ccccc2Cl)CN1c1ccc(Br)cc1. The first-order valence-electron chi connectivity index (χ1n) is 9.84. The Bertz CT molecular complexity index is 1230. The molecule has 30 heavy (non-hydrogen) atoms. The van der Waals surface area contributed by atoms with Crippen LogP contribution in [0.1, 0.15) is 23.7 Å². The fourth-order valence-corrected chi connectivity index (χ4v) is 4.58. The molecular weight excluding hydrogens is 462 g/mol. The number of benzene rings is 3. The molecule has 1 atom stereocenters. The monoisotopic (exact) mass is 479 g/mol. The van der Waals surface area contributed by atoms with Crippen LogP contribution in [0.15, 0.2) is 77.3 Å². The second kappa shape index (κ2) is 7.89. The van der Waals surface area contributed by atoms with Crippen LogP contribution >= 0.6 is 27.5 Å². The third-order valence-corrected chi connectivity index (χ3v) is 6.50. The van der Waals surface area contributed by atoms with Gasteiger partial charge in [0.15, 0.2) is 0 Å². The summed E-state index contributed by atoms with van der Waals surface area (Å²) in [5.41, 5.74) is 3.95. The quantitative estimate of drug-likeness (QED) is 0.358. The molecule has 0 bridgehead atoms. The number of halogens is 2. The Balaban J connectivity index is 1.53. The van der Waals surface area contributed by atoms with Crippen LogP contribution in [-0.4, -0.2) is 22.0 Å². The van der Waals surface area contributed by atoms with Crippen molar-refractivity contribution in [1.29, 1.82) is 0 Å². The molecule has 1 unspecified atom stereocenters. The zero-order valence-electron chi connectivity index (χ0n) is 16.1. The fraction of sp³-hybridized carbons (Fsp3) is 0.167. The molecular formula is C24H19BrClN3O. The predicted molar refractivity (Wildman–Crippen MR) is 124 cm³/mol. The van der Waals surface area contributed by atoms with Crippen molar-refractivity contribution in [3.05, 3.63) is 93.7 Å². The summed E-state index contributed by atoms with van der Waals surface area (Å²) >= 11 is 9.90. The highest BCUT2D eigenvalue weighted by atomic mass is 79.9. The summed E-state index contributed by atoms with van der Waals surface area (Å²) in [6.45, 7) is 1.24. The summed E-state index contributed by atoms with van der Waals surface area (Å²) in [5.74, 6) is 1.08. The lowest BCUT2D eigenvalue weighted by Crippen LogP contribution is -2.24. The van der Waals surface area contributed by atoms with E-state index in [4.69, 9.17) is 16.6 Å². The van der Waals surface area contributed by atoms with Crippen LogP contribution in [0.2, 0.25) is 5.02 Å². The van der Waals surface area contributed by atoms with Crippen LogP contribution in [0, 0.1) is 0 Å². The molecule has 0 spiro atoms. The summed E-state index contributed by atoms with van der Waals surface area (Å²) < 4.78 is 3.20. The number of hydrogen-bond acceptors (Lipinski definition) is 2. The van der Waals surface area contributed by atoms with E-state index < -0.39 is 0 Å². The van der Waals surface area contributed by atoms with Crippen LogP contribution < -0.4 is 4.90 Å². The highest BCUT2D eigenvalue weighted by Crippen LogP contribution is 2.34. The lowest BCUT2D eigenvalue weighted by atomic mass is 10.1. The Morgan fingerprint density at radius 3 is 2.53 bits per heavy atom. The van der Waals surface area contributed by atoms with Crippen LogP contribution in [0.5, 0.6) is 0 Å². The normalized spacial score (nSPS) is 16.5. The first kappa shape index (κ1) is 19.3. The average molecular weight is 481 g/mol. The highest BCUT2D eigenvalue weighted by molar-refractivity contribution is 9.10. The van der Waals surface area contributed by atoms with Gasteiger partial charge in [-0.15, -0.1) is 0 Å². The van der Waals surface area contributed by atoms with E-state index in [-0.39, 0.29) is 11.8 Å². The highest BCUT2D eigenvalue weighted by Gasteiger charge is 2.34. The molecule has 0 radical (unpaired) electrons. The lowest BCUT2D eigenvalue weighted by Gasteiger charge is -2.18. The van der Waals surface area contributed by atoms with Crippen LogP contribution in [-0.2, 0) is 11.3 Å². The van der Waals surface area contributed by atoms with Crippen LogP contribution in [0.25, 0.3) is 11.0 Å².